The van der Waals surface area contributed by atoms with Crippen LogP contribution >= 0.6 is 11.6 Å². The van der Waals surface area contributed by atoms with Crippen LogP contribution in [0.1, 0.15) is 46.0 Å². The molecule has 2 rings (SSSR count). The van der Waals surface area contributed by atoms with E-state index in [2.05, 4.69) is 24.7 Å². The fourth-order valence-electron chi connectivity index (χ4n) is 1.92. The third-order valence-electron chi connectivity index (χ3n) is 3.25. The van der Waals surface area contributed by atoms with E-state index in [9.17, 15) is 9.59 Å². The zero-order chi connectivity index (χ0) is 16.1. The molecule has 0 spiro atoms. The van der Waals surface area contributed by atoms with Crippen LogP contribution < -0.4 is 10.9 Å². The van der Waals surface area contributed by atoms with Gasteiger partial charge in [0.05, 0.1) is 10.6 Å². The second-order valence-electron chi connectivity index (χ2n) is 5.16. The highest BCUT2D eigenvalue weighted by atomic mass is 35.5. The number of nitrogens with one attached hydrogen (secondary N) is 2. The molecule has 0 aliphatic carbocycles. The number of hydrogen-bond acceptors (Lipinski definition) is 2. The quantitative estimate of drug-likeness (QED) is 0.851. The first-order chi connectivity index (χ1) is 10.5. The molecule has 0 atom stereocenters. The van der Waals surface area contributed by atoms with Gasteiger partial charge in [-0.3, -0.25) is 20.4 Å². The predicted molar refractivity (Wildman–Crippen MR) is 86.9 cm³/mol. The molecule has 0 heterocycles. The van der Waals surface area contributed by atoms with E-state index in [-0.39, 0.29) is 5.91 Å². The van der Waals surface area contributed by atoms with Crippen LogP contribution in [0, 0.1) is 0 Å². The smallest absolute Gasteiger partial charge is 0.267 e. The van der Waals surface area contributed by atoms with Gasteiger partial charge >= 0.3 is 0 Å². The van der Waals surface area contributed by atoms with E-state index in [1.165, 1.54) is 0 Å². The normalized spacial score (nSPS) is 10.4. The first-order valence-corrected chi connectivity index (χ1v) is 7.32. The number of amides is 2. The summed E-state index contributed by atoms with van der Waals surface area (Å²) in [5.41, 5.74) is 6.66. The Kier molecular flexibility index (Phi) is 5.17. The molecule has 2 N–H and O–H groups in total. The maximum atomic E-state index is 12.0. The number of halogens is 1. The monoisotopic (exact) mass is 316 g/mol. The lowest BCUT2D eigenvalue weighted by atomic mass is 10.0. The van der Waals surface area contributed by atoms with E-state index in [1.54, 1.807) is 36.4 Å². The number of benzene rings is 2. The summed E-state index contributed by atoms with van der Waals surface area (Å²) in [4.78, 5) is 23.9. The Morgan fingerprint density at radius 2 is 1.50 bits per heavy atom. The fraction of sp³-hybridized carbons (Fsp3) is 0.176. The lowest BCUT2D eigenvalue weighted by molar-refractivity contribution is 0.0846. The van der Waals surface area contributed by atoms with E-state index < -0.39 is 5.91 Å². The highest BCUT2D eigenvalue weighted by Gasteiger charge is 2.11. The van der Waals surface area contributed by atoms with Gasteiger partial charge in [0, 0.05) is 5.56 Å². The number of hydrogen-bond donors (Lipinski definition) is 2. The van der Waals surface area contributed by atoms with Gasteiger partial charge in [-0.2, -0.15) is 0 Å². The standard InChI is InChI=1S/C17H17ClN2O2/c1-11(2)12-7-9-13(10-8-12)16(21)19-20-17(22)14-5-3-4-6-15(14)18/h3-11H,1-2H3,(H,19,21)(H,20,22). The van der Waals surface area contributed by atoms with Crippen LogP contribution in [-0.2, 0) is 0 Å². The topological polar surface area (TPSA) is 58.2 Å². The van der Waals surface area contributed by atoms with Gasteiger partial charge in [0.1, 0.15) is 0 Å². The van der Waals surface area contributed by atoms with Crippen LogP contribution in [0.5, 0.6) is 0 Å². The van der Waals surface area contributed by atoms with Crippen molar-refractivity contribution in [2.24, 2.45) is 0 Å². The van der Waals surface area contributed by atoms with Crippen molar-refractivity contribution in [2.45, 2.75) is 19.8 Å². The molecular weight excluding hydrogens is 300 g/mol. The van der Waals surface area contributed by atoms with Gasteiger partial charge in [-0.05, 0) is 35.7 Å². The van der Waals surface area contributed by atoms with Crippen LogP contribution in [0.3, 0.4) is 0 Å². The molecule has 0 unspecified atom stereocenters. The maximum Gasteiger partial charge on any atom is 0.271 e. The first-order valence-electron chi connectivity index (χ1n) is 6.94. The molecule has 0 radical (unpaired) electrons. The summed E-state index contributed by atoms with van der Waals surface area (Å²) in [6.45, 7) is 4.16. The zero-order valence-electron chi connectivity index (χ0n) is 12.4. The molecule has 5 heteroatoms. The third-order valence-corrected chi connectivity index (χ3v) is 3.58. The van der Waals surface area contributed by atoms with Crippen molar-refractivity contribution in [3.8, 4) is 0 Å². The third kappa shape index (κ3) is 3.86. The number of rotatable bonds is 3. The van der Waals surface area contributed by atoms with Crippen molar-refractivity contribution in [3.05, 3.63) is 70.2 Å². The summed E-state index contributed by atoms with van der Waals surface area (Å²) < 4.78 is 0. The summed E-state index contributed by atoms with van der Waals surface area (Å²) in [7, 11) is 0. The van der Waals surface area contributed by atoms with Gasteiger partial charge in [0.15, 0.2) is 0 Å². The number of hydrazine groups is 1. The SMILES string of the molecule is CC(C)c1ccc(C(=O)NNC(=O)c2ccccc2Cl)cc1. The minimum Gasteiger partial charge on any atom is -0.267 e. The van der Waals surface area contributed by atoms with Crippen molar-refractivity contribution in [3.63, 3.8) is 0 Å². The Bertz CT molecular complexity index is 681. The molecule has 2 aromatic carbocycles. The second kappa shape index (κ2) is 7.09. The van der Waals surface area contributed by atoms with Gasteiger partial charge in [-0.1, -0.05) is 49.7 Å². The average Bonchev–Trinajstić information content (AvgIpc) is 2.52. The Morgan fingerprint density at radius 3 is 2.09 bits per heavy atom. The van der Waals surface area contributed by atoms with Crippen LogP contribution in [0.15, 0.2) is 48.5 Å². The van der Waals surface area contributed by atoms with E-state index in [0.717, 1.165) is 5.56 Å². The summed E-state index contributed by atoms with van der Waals surface area (Å²) in [5.74, 6) is -0.439. The Labute approximate surface area is 134 Å². The Balaban J connectivity index is 1.98. The first kappa shape index (κ1) is 16.0. The van der Waals surface area contributed by atoms with E-state index in [0.29, 0.717) is 22.1 Å². The van der Waals surface area contributed by atoms with Crippen LogP contribution in [0.4, 0.5) is 0 Å². The molecule has 0 aliphatic rings. The van der Waals surface area contributed by atoms with Crippen molar-refractivity contribution in [1.29, 1.82) is 0 Å². The van der Waals surface area contributed by atoms with Gasteiger partial charge in [-0.15, -0.1) is 0 Å². The summed E-state index contributed by atoms with van der Waals surface area (Å²) in [5, 5.41) is 0.329. The predicted octanol–water partition coefficient (Wildman–Crippen LogP) is 3.54. The highest BCUT2D eigenvalue weighted by Crippen LogP contribution is 2.15. The molecule has 0 bridgehead atoms. The molecule has 0 saturated carbocycles. The maximum absolute atomic E-state index is 12.0. The summed E-state index contributed by atoms with van der Waals surface area (Å²) in [6, 6.07) is 13.9. The molecule has 4 nitrogen and oxygen atoms in total. The summed E-state index contributed by atoms with van der Waals surface area (Å²) in [6.07, 6.45) is 0. The summed E-state index contributed by atoms with van der Waals surface area (Å²) >= 11 is 5.92. The van der Waals surface area contributed by atoms with Crippen molar-refractivity contribution in [2.75, 3.05) is 0 Å². The van der Waals surface area contributed by atoms with Gasteiger partial charge in [-0.25, -0.2) is 0 Å². The van der Waals surface area contributed by atoms with Crippen LogP contribution in [0.25, 0.3) is 0 Å². The van der Waals surface area contributed by atoms with Crippen molar-refractivity contribution in [1.82, 2.24) is 10.9 Å². The molecule has 2 amide bonds. The van der Waals surface area contributed by atoms with Crippen LogP contribution in [0.2, 0.25) is 5.02 Å². The molecule has 114 valence electrons. The molecular formula is C17H17ClN2O2. The molecule has 2 aromatic rings. The van der Waals surface area contributed by atoms with Gasteiger partial charge in [0.2, 0.25) is 0 Å². The molecule has 0 fully saturated rings. The lowest BCUT2D eigenvalue weighted by Crippen LogP contribution is -2.41. The minimum absolute atomic E-state index is 0.305. The Morgan fingerprint density at radius 1 is 0.909 bits per heavy atom. The average molecular weight is 317 g/mol. The van der Waals surface area contributed by atoms with Crippen LogP contribution in [-0.4, -0.2) is 11.8 Å². The van der Waals surface area contributed by atoms with Crippen molar-refractivity contribution >= 4 is 23.4 Å². The largest absolute Gasteiger partial charge is 0.271 e. The Hall–Kier alpha value is -2.33. The molecule has 0 saturated heterocycles. The van der Waals surface area contributed by atoms with Gasteiger partial charge in [0.25, 0.3) is 11.8 Å². The number of carbonyl (C=O) groups is 2. The molecule has 0 aliphatic heterocycles. The minimum atomic E-state index is -0.460. The highest BCUT2D eigenvalue weighted by molar-refractivity contribution is 6.33. The van der Waals surface area contributed by atoms with E-state index >= 15 is 0 Å². The number of carbonyl (C=O) groups excluding carboxylic acids is 2. The van der Waals surface area contributed by atoms with Gasteiger partial charge < -0.3 is 0 Å². The molecule has 22 heavy (non-hydrogen) atoms. The fourth-order valence-corrected chi connectivity index (χ4v) is 2.14. The zero-order valence-corrected chi connectivity index (χ0v) is 13.1. The van der Waals surface area contributed by atoms with E-state index in [1.807, 2.05) is 12.1 Å². The van der Waals surface area contributed by atoms with E-state index in [4.69, 9.17) is 11.6 Å². The van der Waals surface area contributed by atoms with Crippen molar-refractivity contribution < 1.29 is 9.59 Å². The lowest BCUT2D eigenvalue weighted by Gasteiger charge is -2.09. The molecule has 0 aromatic heterocycles. The second-order valence-corrected chi connectivity index (χ2v) is 5.57.